The number of nitrogens with one attached hydrogen (secondary N) is 1. The number of hydrogen-bond acceptors (Lipinski definition) is 1. The molecule has 3 aromatic carbocycles. The van der Waals surface area contributed by atoms with Crippen LogP contribution in [0.4, 0.5) is 0 Å². The molecule has 0 radical (unpaired) electrons. The molecular weight excluding hydrogens is 306 g/mol. The van der Waals surface area contributed by atoms with E-state index in [9.17, 15) is 4.79 Å². The van der Waals surface area contributed by atoms with Crippen LogP contribution in [0.3, 0.4) is 0 Å². The lowest BCUT2D eigenvalue weighted by Crippen LogP contribution is -2.43. The van der Waals surface area contributed by atoms with Gasteiger partial charge in [0.1, 0.15) is 0 Å². The van der Waals surface area contributed by atoms with Gasteiger partial charge in [0.05, 0.1) is 5.41 Å². The Hall–Kier alpha value is -2.87. The standard InChI is InChI=1S/C23H23NO/c1-23(20-13-7-3-8-14-20,21-15-9-4-10-16-21)22(25)24-18-17-19-11-5-2-6-12-19/h2-16H,17-18H2,1H3,(H,24,25). The lowest BCUT2D eigenvalue weighted by Gasteiger charge is -2.29. The zero-order chi connectivity index (χ0) is 17.5. The van der Waals surface area contributed by atoms with Crippen molar-refractivity contribution in [2.24, 2.45) is 0 Å². The second kappa shape index (κ2) is 7.80. The Morgan fingerprint density at radius 1 is 0.760 bits per heavy atom. The Kier molecular flexibility index (Phi) is 5.30. The molecule has 2 heteroatoms. The van der Waals surface area contributed by atoms with Crippen LogP contribution in [0.25, 0.3) is 0 Å². The predicted molar refractivity (Wildman–Crippen MR) is 102 cm³/mol. The summed E-state index contributed by atoms with van der Waals surface area (Å²) in [6.07, 6.45) is 0.826. The van der Waals surface area contributed by atoms with E-state index in [2.05, 4.69) is 17.4 Å². The summed E-state index contributed by atoms with van der Waals surface area (Å²) in [7, 11) is 0. The van der Waals surface area contributed by atoms with Crippen LogP contribution in [-0.4, -0.2) is 12.5 Å². The van der Waals surface area contributed by atoms with Crippen molar-refractivity contribution in [1.82, 2.24) is 5.32 Å². The maximum absolute atomic E-state index is 13.1. The highest BCUT2D eigenvalue weighted by molar-refractivity contribution is 5.91. The summed E-state index contributed by atoms with van der Waals surface area (Å²) in [5.41, 5.74) is 2.51. The topological polar surface area (TPSA) is 29.1 Å². The third-order valence-corrected chi connectivity index (χ3v) is 4.70. The van der Waals surface area contributed by atoms with Gasteiger partial charge in [0, 0.05) is 6.54 Å². The quantitative estimate of drug-likeness (QED) is 0.715. The summed E-state index contributed by atoms with van der Waals surface area (Å²) in [4.78, 5) is 13.1. The van der Waals surface area contributed by atoms with Crippen molar-refractivity contribution in [2.75, 3.05) is 6.54 Å². The Balaban J connectivity index is 1.81. The molecule has 0 saturated heterocycles. The second-order valence-electron chi connectivity index (χ2n) is 6.35. The molecule has 1 amide bonds. The van der Waals surface area contributed by atoms with Crippen molar-refractivity contribution in [2.45, 2.75) is 18.8 Å². The Morgan fingerprint density at radius 3 is 1.68 bits per heavy atom. The zero-order valence-electron chi connectivity index (χ0n) is 14.5. The van der Waals surface area contributed by atoms with Crippen LogP contribution in [0, 0.1) is 0 Å². The Labute approximate surface area is 149 Å². The molecule has 0 aliphatic carbocycles. The van der Waals surface area contributed by atoms with Gasteiger partial charge in [-0.25, -0.2) is 0 Å². The summed E-state index contributed by atoms with van der Waals surface area (Å²) in [5, 5.41) is 3.13. The number of rotatable bonds is 6. The average Bonchev–Trinajstić information content (AvgIpc) is 2.69. The average molecular weight is 329 g/mol. The molecule has 0 aromatic heterocycles. The van der Waals surface area contributed by atoms with Crippen molar-refractivity contribution < 1.29 is 4.79 Å². The summed E-state index contributed by atoms with van der Waals surface area (Å²) >= 11 is 0. The van der Waals surface area contributed by atoms with E-state index in [0.29, 0.717) is 6.54 Å². The number of hydrogen-bond donors (Lipinski definition) is 1. The molecule has 0 aliphatic rings. The third kappa shape index (κ3) is 3.80. The van der Waals surface area contributed by atoms with Gasteiger partial charge in [0.15, 0.2) is 0 Å². The molecule has 0 saturated carbocycles. The van der Waals surface area contributed by atoms with Gasteiger partial charge in [-0.3, -0.25) is 4.79 Å². The first-order chi connectivity index (χ1) is 12.2. The molecule has 3 aromatic rings. The minimum Gasteiger partial charge on any atom is -0.355 e. The van der Waals surface area contributed by atoms with Gasteiger partial charge >= 0.3 is 0 Å². The van der Waals surface area contributed by atoms with Crippen molar-refractivity contribution in [1.29, 1.82) is 0 Å². The van der Waals surface area contributed by atoms with E-state index >= 15 is 0 Å². The van der Waals surface area contributed by atoms with Gasteiger partial charge in [-0.15, -0.1) is 0 Å². The van der Waals surface area contributed by atoms with Crippen molar-refractivity contribution >= 4 is 5.91 Å². The number of benzene rings is 3. The molecule has 25 heavy (non-hydrogen) atoms. The minimum atomic E-state index is -0.709. The van der Waals surface area contributed by atoms with Gasteiger partial charge in [-0.05, 0) is 30.0 Å². The van der Waals surface area contributed by atoms with Crippen LogP contribution in [0.2, 0.25) is 0 Å². The predicted octanol–water partition coefficient (Wildman–Crippen LogP) is 4.35. The maximum Gasteiger partial charge on any atom is 0.234 e. The lowest BCUT2D eigenvalue weighted by molar-refractivity contribution is -0.124. The van der Waals surface area contributed by atoms with Gasteiger partial charge in [0.2, 0.25) is 5.91 Å². The highest BCUT2D eigenvalue weighted by Gasteiger charge is 2.36. The molecule has 0 aliphatic heterocycles. The first kappa shape index (κ1) is 17.0. The van der Waals surface area contributed by atoms with Gasteiger partial charge in [-0.2, -0.15) is 0 Å². The van der Waals surface area contributed by atoms with Crippen molar-refractivity contribution in [3.63, 3.8) is 0 Å². The zero-order valence-corrected chi connectivity index (χ0v) is 14.5. The van der Waals surface area contributed by atoms with Gasteiger partial charge in [0.25, 0.3) is 0 Å². The van der Waals surface area contributed by atoms with Crippen LogP contribution < -0.4 is 5.32 Å². The molecule has 126 valence electrons. The number of amides is 1. The fourth-order valence-corrected chi connectivity index (χ4v) is 3.11. The Morgan fingerprint density at radius 2 is 1.20 bits per heavy atom. The SMILES string of the molecule is CC(C(=O)NCCc1ccccc1)(c1ccccc1)c1ccccc1. The largest absolute Gasteiger partial charge is 0.355 e. The van der Waals surface area contributed by atoms with E-state index < -0.39 is 5.41 Å². The minimum absolute atomic E-state index is 0.0285. The molecule has 1 N–H and O–H groups in total. The fourth-order valence-electron chi connectivity index (χ4n) is 3.11. The molecule has 0 bridgehead atoms. The molecule has 0 fully saturated rings. The first-order valence-electron chi connectivity index (χ1n) is 8.64. The lowest BCUT2D eigenvalue weighted by atomic mass is 9.75. The number of carbonyl (C=O) groups excluding carboxylic acids is 1. The van der Waals surface area contributed by atoms with E-state index in [1.165, 1.54) is 5.56 Å². The van der Waals surface area contributed by atoms with E-state index in [-0.39, 0.29) is 5.91 Å². The summed E-state index contributed by atoms with van der Waals surface area (Å²) in [6, 6.07) is 30.2. The highest BCUT2D eigenvalue weighted by atomic mass is 16.2. The van der Waals surface area contributed by atoms with E-state index in [0.717, 1.165) is 17.5 Å². The van der Waals surface area contributed by atoms with Crippen LogP contribution in [-0.2, 0) is 16.6 Å². The van der Waals surface area contributed by atoms with E-state index in [1.54, 1.807) is 0 Å². The van der Waals surface area contributed by atoms with E-state index in [4.69, 9.17) is 0 Å². The number of carbonyl (C=O) groups is 1. The summed E-state index contributed by atoms with van der Waals surface area (Å²) < 4.78 is 0. The molecule has 0 unspecified atom stereocenters. The molecule has 3 rings (SSSR count). The summed E-state index contributed by atoms with van der Waals surface area (Å²) in [5.74, 6) is 0.0285. The summed E-state index contributed by atoms with van der Waals surface area (Å²) in [6.45, 7) is 2.62. The van der Waals surface area contributed by atoms with Crippen LogP contribution in [0.1, 0.15) is 23.6 Å². The molecule has 0 spiro atoms. The smallest absolute Gasteiger partial charge is 0.234 e. The maximum atomic E-state index is 13.1. The van der Waals surface area contributed by atoms with Crippen molar-refractivity contribution in [3.8, 4) is 0 Å². The van der Waals surface area contributed by atoms with Crippen LogP contribution in [0.5, 0.6) is 0 Å². The molecular formula is C23H23NO. The van der Waals surface area contributed by atoms with Crippen molar-refractivity contribution in [3.05, 3.63) is 108 Å². The molecule has 2 nitrogen and oxygen atoms in total. The highest BCUT2D eigenvalue weighted by Crippen LogP contribution is 2.32. The van der Waals surface area contributed by atoms with Gasteiger partial charge in [-0.1, -0.05) is 91.0 Å². The fraction of sp³-hybridized carbons (Fsp3) is 0.174. The third-order valence-electron chi connectivity index (χ3n) is 4.70. The normalized spacial score (nSPS) is 11.1. The monoisotopic (exact) mass is 329 g/mol. The molecule has 0 atom stereocenters. The van der Waals surface area contributed by atoms with E-state index in [1.807, 2.05) is 85.8 Å². The van der Waals surface area contributed by atoms with Gasteiger partial charge < -0.3 is 5.32 Å². The Bertz CT molecular complexity index is 758. The molecule has 0 heterocycles. The van der Waals surface area contributed by atoms with Crippen LogP contribution in [0.15, 0.2) is 91.0 Å². The van der Waals surface area contributed by atoms with Crippen LogP contribution >= 0.6 is 0 Å². The second-order valence-corrected chi connectivity index (χ2v) is 6.35. The first-order valence-corrected chi connectivity index (χ1v) is 8.64.